The van der Waals surface area contributed by atoms with Crippen molar-refractivity contribution in [2.24, 2.45) is 5.92 Å². The lowest BCUT2D eigenvalue weighted by Crippen LogP contribution is -2.38. The molecule has 3 rings (SSSR count). The first-order valence-corrected chi connectivity index (χ1v) is 9.28. The Morgan fingerprint density at radius 1 is 1.12 bits per heavy atom. The van der Waals surface area contributed by atoms with Gasteiger partial charge in [0.1, 0.15) is 0 Å². The van der Waals surface area contributed by atoms with Crippen LogP contribution in [0.4, 0.5) is 0 Å². The molecule has 0 atom stereocenters. The molecule has 4 heteroatoms. The second kappa shape index (κ2) is 9.43. The first-order chi connectivity index (χ1) is 11.2. The number of aryl methyl sites for hydroxylation is 1. The molecule has 0 spiro atoms. The molecule has 134 valence electrons. The van der Waals surface area contributed by atoms with E-state index in [1.807, 2.05) is 0 Å². The van der Waals surface area contributed by atoms with Crippen LogP contribution in [-0.4, -0.2) is 37.0 Å². The van der Waals surface area contributed by atoms with E-state index in [4.69, 9.17) is 0 Å². The number of hydrogen-bond acceptors (Lipinski definition) is 2. The normalized spacial score (nSPS) is 19.8. The highest BCUT2D eigenvalue weighted by molar-refractivity contribution is 5.85. The topological polar surface area (TPSA) is 32.3 Å². The van der Waals surface area contributed by atoms with Crippen LogP contribution in [-0.2, 0) is 4.79 Å². The fourth-order valence-electron chi connectivity index (χ4n) is 4.14. The zero-order valence-electron chi connectivity index (χ0n) is 14.8. The van der Waals surface area contributed by atoms with E-state index in [0.717, 1.165) is 57.8 Å². The number of nitrogens with one attached hydrogen (secondary N) is 1. The molecule has 0 radical (unpaired) electrons. The van der Waals surface area contributed by atoms with E-state index in [9.17, 15) is 4.79 Å². The van der Waals surface area contributed by atoms with Crippen LogP contribution in [0.2, 0.25) is 0 Å². The molecule has 24 heavy (non-hydrogen) atoms. The summed E-state index contributed by atoms with van der Waals surface area (Å²) in [5.74, 6) is 1.76. The summed E-state index contributed by atoms with van der Waals surface area (Å²) in [6.45, 7) is 6.32. The number of piperidine rings is 2. The number of carbonyl (C=O) groups is 1. The number of rotatable bonds is 4. The second-order valence-corrected chi connectivity index (χ2v) is 7.24. The monoisotopic (exact) mass is 350 g/mol. The zero-order chi connectivity index (χ0) is 16.1. The molecule has 3 nitrogen and oxygen atoms in total. The molecule has 2 aliphatic heterocycles. The molecule has 2 aliphatic rings. The SMILES string of the molecule is Cc1ccccc1C1CCN(C(=O)CCC2CCNCC2)CC1.Cl. The fraction of sp³-hybridized carbons (Fsp3) is 0.650. The van der Waals surface area contributed by atoms with Crippen LogP contribution in [0.5, 0.6) is 0 Å². The lowest BCUT2D eigenvalue weighted by molar-refractivity contribution is -0.132. The van der Waals surface area contributed by atoms with Crippen molar-refractivity contribution < 1.29 is 4.79 Å². The van der Waals surface area contributed by atoms with Crippen molar-refractivity contribution in [3.63, 3.8) is 0 Å². The average molecular weight is 351 g/mol. The third-order valence-corrected chi connectivity index (χ3v) is 5.70. The smallest absolute Gasteiger partial charge is 0.222 e. The van der Waals surface area contributed by atoms with E-state index in [1.165, 1.54) is 24.0 Å². The van der Waals surface area contributed by atoms with Gasteiger partial charge in [0.15, 0.2) is 0 Å². The maximum atomic E-state index is 12.5. The van der Waals surface area contributed by atoms with Crippen LogP contribution in [0.15, 0.2) is 24.3 Å². The van der Waals surface area contributed by atoms with Gasteiger partial charge in [-0.15, -0.1) is 12.4 Å². The van der Waals surface area contributed by atoms with Gasteiger partial charge < -0.3 is 10.2 Å². The quantitative estimate of drug-likeness (QED) is 0.893. The van der Waals surface area contributed by atoms with E-state index in [-0.39, 0.29) is 12.4 Å². The van der Waals surface area contributed by atoms with Gasteiger partial charge in [0.05, 0.1) is 0 Å². The Morgan fingerprint density at radius 3 is 2.46 bits per heavy atom. The molecule has 2 heterocycles. The van der Waals surface area contributed by atoms with Gasteiger partial charge >= 0.3 is 0 Å². The summed E-state index contributed by atoms with van der Waals surface area (Å²) in [6.07, 6.45) is 6.54. The molecule has 1 aromatic carbocycles. The van der Waals surface area contributed by atoms with Crippen LogP contribution < -0.4 is 5.32 Å². The Bertz CT molecular complexity index is 520. The lowest BCUT2D eigenvalue weighted by Gasteiger charge is -2.33. The number of benzene rings is 1. The van der Waals surface area contributed by atoms with Crippen LogP contribution in [0.1, 0.15) is 55.6 Å². The van der Waals surface area contributed by atoms with E-state index in [0.29, 0.717) is 11.8 Å². The predicted molar refractivity (Wildman–Crippen MR) is 102 cm³/mol. The van der Waals surface area contributed by atoms with Crippen LogP contribution >= 0.6 is 12.4 Å². The summed E-state index contributed by atoms with van der Waals surface area (Å²) in [4.78, 5) is 14.6. The van der Waals surface area contributed by atoms with Crippen molar-refractivity contribution in [3.05, 3.63) is 35.4 Å². The number of halogens is 1. The first kappa shape index (κ1) is 19.3. The molecule has 0 saturated carbocycles. The van der Waals surface area contributed by atoms with E-state index >= 15 is 0 Å². The van der Waals surface area contributed by atoms with Crippen molar-refractivity contribution in [2.45, 2.75) is 51.4 Å². The van der Waals surface area contributed by atoms with Gasteiger partial charge in [-0.2, -0.15) is 0 Å². The zero-order valence-corrected chi connectivity index (χ0v) is 15.6. The number of carbonyl (C=O) groups excluding carboxylic acids is 1. The second-order valence-electron chi connectivity index (χ2n) is 7.24. The van der Waals surface area contributed by atoms with Crippen molar-refractivity contribution in [1.29, 1.82) is 0 Å². The molecule has 1 N–H and O–H groups in total. The van der Waals surface area contributed by atoms with Gasteiger partial charge in [-0.05, 0) is 75.1 Å². The van der Waals surface area contributed by atoms with E-state index in [1.54, 1.807) is 0 Å². The predicted octanol–water partition coefficient (Wildman–Crippen LogP) is 3.90. The van der Waals surface area contributed by atoms with Crippen molar-refractivity contribution in [3.8, 4) is 0 Å². The highest BCUT2D eigenvalue weighted by Gasteiger charge is 2.25. The van der Waals surface area contributed by atoms with Gasteiger partial charge in [0, 0.05) is 19.5 Å². The van der Waals surface area contributed by atoms with E-state index in [2.05, 4.69) is 41.4 Å². The Morgan fingerprint density at radius 2 is 1.79 bits per heavy atom. The highest BCUT2D eigenvalue weighted by Crippen LogP contribution is 2.30. The van der Waals surface area contributed by atoms with E-state index < -0.39 is 0 Å². The average Bonchev–Trinajstić information content (AvgIpc) is 2.61. The number of amides is 1. The molecular weight excluding hydrogens is 320 g/mol. The van der Waals surface area contributed by atoms with Gasteiger partial charge in [0.25, 0.3) is 0 Å². The first-order valence-electron chi connectivity index (χ1n) is 9.28. The number of likely N-dealkylation sites (tertiary alicyclic amines) is 1. The number of hydrogen-bond donors (Lipinski definition) is 1. The molecule has 0 aliphatic carbocycles. The number of nitrogens with zero attached hydrogens (tertiary/aromatic N) is 1. The van der Waals surface area contributed by atoms with Gasteiger partial charge in [-0.1, -0.05) is 24.3 Å². The molecule has 0 bridgehead atoms. The summed E-state index contributed by atoms with van der Waals surface area (Å²) < 4.78 is 0. The van der Waals surface area contributed by atoms with Gasteiger partial charge in [-0.3, -0.25) is 4.79 Å². The summed E-state index contributed by atoms with van der Waals surface area (Å²) in [5.41, 5.74) is 2.87. The third-order valence-electron chi connectivity index (χ3n) is 5.70. The Hall–Kier alpha value is -1.06. The minimum Gasteiger partial charge on any atom is -0.343 e. The van der Waals surface area contributed by atoms with Crippen LogP contribution in [0, 0.1) is 12.8 Å². The molecule has 2 fully saturated rings. The van der Waals surface area contributed by atoms with Crippen molar-refractivity contribution >= 4 is 18.3 Å². The van der Waals surface area contributed by atoms with Crippen molar-refractivity contribution in [2.75, 3.05) is 26.2 Å². The largest absolute Gasteiger partial charge is 0.343 e. The van der Waals surface area contributed by atoms with Gasteiger partial charge in [-0.25, -0.2) is 0 Å². The van der Waals surface area contributed by atoms with Crippen LogP contribution in [0.25, 0.3) is 0 Å². The maximum Gasteiger partial charge on any atom is 0.222 e. The molecule has 1 amide bonds. The maximum absolute atomic E-state index is 12.5. The minimum atomic E-state index is 0. The summed E-state index contributed by atoms with van der Waals surface area (Å²) >= 11 is 0. The molecule has 2 saturated heterocycles. The molecular formula is C20H31ClN2O. The summed E-state index contributed by atoms with van der Waals surface area (Å²) in [6, 6.07) is 8.71. The fourth-order valence-corrected chi connectivity index (χ4v) is 4.14. The minimum absolute atomic E-state index is 0. The Labute approximate surface area is 152 Å². The Kier molecular flexibility index (Phi) is 7.57. The lowest BCUT2D eigenvalue weighted by atomic mass is 9.86. The summed E-state index contributed by atoms with van der Waals surface area (Å²) in [5, 5.41) is 3.40. The standard InChI is InChI=1S/C20H30N2O.ClH/c1-16-4-2-3-5-19(16)18-10-14-22(15-11-18)20(23)7-6-17-8-12-21-13-9-17;/h2-5,17-18,21H,6-15H2,1H3;1H. The summed E-state index contributed by atoms with van der Waals surface area (Å²) in [7, 11) is 0. The highest BCUT2D eigenvalue weighted by atomic mass is 35.5. The van der Waals surface area contributed by atoms with Gasteiger partial charge in [0.2, 0.25) is 5.91 Å². The molecule has 0 aromatic heterocycles. The molecule has 1 aromatic rings. The molecule has 0 unspecified atom stereocenters. The third kappa shape index (κ3) is 4.97. The van der Waals surface area contributed by atoms with Crippen LogP contribution in [0.3, 0.4) is 0 Å². The Balaban J connectivity index is 0.00000208. The van der Waals surface area contributed by atoms with Crippen molar-refractivity contribution in [1.82, 2.24) is 10.2 Å².